The summed E-state index contributed by atoms with van der Waals surface area (Å²) >= 11 is 0. The average molecular weight is 335 g/mol. The number of hydrogen-bond acceptors (Lipinski definition) is 5. The Morgan fingerprint density at radius 2 is 1.96 bits per heavy atom. The smallest absolute Gasteiger partial charge is 0.229 e. The number of hydrogen-bond donors (Lipinski definition) is 1. The number of anilines is 1. The molecule has 7 heteroatoms. The summed E-state index contributed by atoms with van der Waals surface area (Å²) in [5, 5.41) is 0. The fourth-order valence-electron chi connectivity index (χ4n) is 2.66. The molecule has 1 aliphatic rings. The highest BCUT2D eigenvalue weighted by molar-refractivity contribution is 7.92. The maximum Gasteiger partial charge on any atom is 0.229 e. The molecule has 0 saturated heterocycles. The molecule has 1 unspecified atom stereocenters. The molecule has 1 atom stereocenters. The Balaban J connectivity index is 2.17. The summed E-state index contributed by atoms with van der Waals surface area (Å²) in [5.41, 5.74) is 2.90. The van der Waals surface area contributed by atoms with E-state index in [1.807, 2.05) is 24.3 Å². The molecule has 1 aliphatic heterocycles. The van der Waals surface area contributed by atoms with Crippen LogP contribution in [0.1, 0.15) is 11.9 Å². The van der Waals surface area contributed by atoms with E-state index in [1.165, 1.54) is 7.11 Å². The number of ether oxygens (including phenoxy) is 3. The Morgan fingerprint density at radius 3 is 2.61 bits per heavy atom. The lowest BCUT2D eigenvalue weighted by Gasteiger charge is -2.29. The summed E-state index contributed by atoms with van der Waals surface area (Å²) in [7, 11) is -0.225. The Hall–Kier alpha value is -2.25. The van der Waals surface area contributed by atoms with E-state index in [0.717, 1.165) is 22.9 Å². The summed E-state index contributed by atoms with van der Waals surface area (Å²) < 4.78 is 42.0. The van der Waals surface area contributed by atoms with Crippen LogP contribution in [0, 0.1) is 0 Å². The molecule has 0 amide bonds. The maximum atomic E-state index is 11.4. The third-order valence-electron chi connectivity index (χ3n) is 3.53. The van der Waals surface area contributed by atoms with Crippen LogP contribution in [0.3, 0.4) is 0 Å². The molecule has 122 valence electrons. The minimum Gasteiger partial charge on any atom is -0.496 e. The Kier molecular flexibility index (Phi) is 3.91. The van der Waals surface area contributed by atoms with E-state index >= 15 is 0 Å². The lowest BCUT2D eigenvalue weighted by atomic mass is 9.95. The Morgan fingerprint density at radius 1 is 1.17 bits per heavy atom. The first-order valence-electron chi connectivity index (χ1n) is 6.91. The zero-order chi connectivity index (χ0) is 16.6. The summed E-state index contributed by atoms with van der Waals surface area (Å²) in [4.78, 5) is 0. The third kappa shape index (κ3) is 2.97. The van der Waals surface area contributed by atoms with E-state index in [2.05, 4.69) is 4.72 Å². The van der Waals surface area contributed by atoms with Gasteiger partial charge in [-0.05, 0) is 29.8 Å². The molecule has 0 fully saturated rings. The molecule has 6 nitrogen and oxygen atoms in total. The van der Waals surface area contributed by atoms with Gasteiger partial charge in [0.05, 0.1) is 18.9 Å². The first-order chi connectivity index (χ1) is 10.9. The number of rotatable bonds is 4. The van der Waals surface area contributed by atoms with Crippen molar-refractivity contribution in [3.05, 3.63) is 42.0 Å². The normalized spacial score (nSPS) is 16.0. The van der Waals surface area contributed by atoms with Crippen LogP contribution in [-0.2, 0) is 14.8 Å². The van der Waals surface area contributed by atoms with Crippen molar-refractivity contribution in [2.24, 2.45) is 0 Å². The van der Waals surface area contributed by atoms with Crippen molar-refractivity contribution >= 4 is 15.7 Å². The van der Waals surface area contributed by atoms with Crippen molar-refractivity contribution in [1.29, 1.82) is 0 Å². The molecular formula is C16H17NO5S. The van der Waals surface area contributed by atoms with Gasteiger partial charge in [0.1, 0.15) is 11.5 Å². The standard InChI is InChI=1S/C16H17NO5S/c1-20-13-5-4-6-14-15(13)11-8-7-10(17-23(3,18)19)9-12(11)16(21-2)22-14/h4-9,16-17H,1-3H3. The Labute approximate surface area is 135 Å². The summed E-state index contributed by atoms with van der Waals surface area (Å²) in [5.74, 6) is 1.34. The number of sulfonamides is 1. The largest absolute Gasteiger partial charge is 0.496 e. The number of methoxy groups -OCH3 is 2. The molecule has 2 aromatic rings. The van der Waals surface area contributed by atoms with Crippen LogP contribution in [0.25, 0.3) is 11.1 Å². The van der Waals surface area contributed by atoms with Gasteiger partial charge in [0, 0.05) is 18.4 Å². The zero-order valence-electron chi connectivity index (χ0n) is 13.0. The van der Waals surface area contributed by atoms with Crippen molar-refractivity contribution in [2.75, 3.05) is 25.2 Å². The van der Waals surface area contributed by atoms with Gasteiger partial charge in [-0.15, -0.1) is 0 Å². The Bertz CT molecular complexity index is 848. The lowest BCUT2D eigenvalue weighted by Crippen LogP contribution is -2.17. The van der Waals surface area contributed by atoms with Gasteiger partial charge < -0.3 is 14.2 Å². The predicted octanol–water partition coefficient (Wildman–Crippen LogP) is 2.77. The van der Waals surface area contributed by atoms with Crippen molar-refractivity contribution in [3.8, 4) is 22.6 Å². The predicted molar refractivity (Wildman–Crippen MR) is 87.3 cm³/mol. The molecule has 0 spiro atoms. The van der Waals surface area contributed by atoms with Crippen LogP contribution in [0.4, 0.5) is 5.69 Å². The van der Waals surface area contributed by atoms with E-state index in [0.29, 0.717) is 17.2 Å². The monoisotopic (exact) mass is 335 g/mol. The molecule has 0 bridgehead atoms. The van der Waals surface area contributed by atoms with Crippen LogP contribution in [0.15, 0.2) is 36.4 Å². The van der Waals surface area contributed by atoms with Crippen LogP contribution in [-0.4, -0.2) is 28.9 Å². The van der Waals surface area contributed by atoms with E-state index in [1.54, 1.807) is 19.2 Å². The topological polar surface area (TPSA) is 73.9 Å². The molecule has 1 N–H and O–H groups in total. The van der Waals surface area contributed by atoms with E-state index in [-0.39, 0.29) is 0 Å². The van der Waals surface area contributed by atoms with Gasteiger partial charge >= 0.3 is 0 Å². The third-order valence-corrected chi connectivity index (χ3v) is 4.14. The van der Waals surface area contributed by atoms with Crippen LogP contribution in [0.5, 0.6) is 11.5 Å². The summed E-state index contributed by atoms with van der Waals surface area (Å²) in [6.45, 7) is 0. The van der Waals surface area contributed by atoms with Gasteiger partial charge in [-0.2, -0.15) is 0 Å². The van der Waals surface area contributed by atoms with Gasteiger partial charge in [0.25, 0.3) is 0 Å². The second-order valence-corrected chi connectivity index (χ2v) is 6.94. The molecule has 23 heavy (non-hydrogen) atoms. The van der Waals surface area contributed by atoms with Crippen molar-refractivity contribution in [2.45, 2.75) is 6.29 Å². The highest BCUT2D eigenvalue weighted by Crippen LogP contribution is 2.47. The number of nitrogens with one attached hydrogen (secondary N) is 1. The van der Waals surface area contributed by atoms with Gasteiger partial charge in [0.2, 0.25) is 16.3 Å². The molecule has 1 heterocycles. The first-order valence-corrected chi connectivity index (χ1v) is 8.80. The van der Waals surface area contributed by atoms with Crippen LogP contribution in [0.2, 0.25) is 0 Å². The maximum absolute atomic E-state index is 11.4. The summed E-state index contributed by atoms with van der Waals surface area (Å²) in [6, 6.07) is 10.8. The molecule has 2 aromatic carbocycles. The molecule has 0 radical (unpaired) electrons. The number of benzene rings is 2. The second kappa shape index (κ2) is 5.75. The van der Waals surface area contributed by atoms with Crippen LogP contribution >= 0.6 is 0 Å². The average Bonchev–Trinajstić information content (AvgIpc) is 2.51. The lowest BCUT2D eigenvalue weighted by molar-refractivity contribution is -0.0578. The van der Waals surface area contributed by atoms with Crippen molar-refractivity contribution in [1.82, 2.24) is 0 Å². The molecule has 0 aliphatic carbocycles. The molecular weight excluding hydrogens is 318 g/mol. The minimum atomic E-state index is -3.36. The zero-order valence-corrected chi connectivity index (χ0v) is 13.8. The van der Waals surface area contributed by atoms with Gasteiger partial charge in [0.15, 0.2) is 0 Å². The van der Waals surface area contributed by atoms with E-state index < -0.39 is 16.3 Å². The fraction of sp³-hybridized carbons (Fsp3) is 0.250. The minimum absolute atomic E-state index is 0.454. The van der Waals surface area contributed by atoms with Crippen LogP contribution < -0.4 is 14.2 Å². The highest BCUT2D eigenvalue weighted by atomic mass is 32.2. The van der Waals surface area contributed by atoms with Gasteiger partial charge in [-0.25, -0.2) is 8.42 Å². The van der Waals surface area contributed by atoms with Gasteiger partial charge in [-0.3, -0.25) is 4.72 Å². The van der Waals surface area contributed by atoms with Crippen molar-refractivity contribution < 1.29 is 22.6 Å². The van der Waals surface area contributed by atoms with E-state index in [4.69, 9.17) is 14.2 Å². The molecule has 0 aromatic heterocycles. The second-order valence-electron chi connectivity index (χ2n) is 5.20. The quantitative estimate of drug-likeness (QED) is 0.930. The van der Waals surface area contributed by atoms with E-state index in [9.17, 15) is 8.42 Å². The highest BCUT2D eigenvalue weighted by Gasteiger charge is 2.28. The summed E-state index contributed by atoms with van der Waals surface area (Å²) in [6.07, 6.45) is 0.487. The fourth-order valence-corrected chi connectivity index (χ4v) is 3.22. The molecule has 3 rings (SSSR count). The van der Waals surface area contributed by atoms with Gasteiger partial charge in [-0.1, -0.05) is 12.1 Å². The first kappa shape index (κ1) is 15.6. The number of fused-ring (bicyclic) bond motifs is 3. The molecule has 0 saturated carbocycles. The van der Waals surface area contributed by atoms with Crippen molar-refractivity contribution in [3.63, 3.8) is 0 Å². The SMILES string of the molecule is COc1cccc2c1-c1ccc(NS(C)(=O)=O)cc1C(OC)O2.